The highest BCUT2D eigenvalue weighted by Crippen LogP contribution is 2.18. The van der Waals surface area contributed by atoms with Gasteiger partial charge >= 0.3 is 6.16 Å². The zero-order valence-corrected chi connectivity index (χ0v) is 15.6. The van der Waals surface area contributed by atoms with Crippen LogP contribution in [0, 0.1) is 10.1 Å². The van der Waals surface area contributed by atoms with Gasteiger partial charge in [-0.3, -0.25) is 14.7 Å². The maximum atomic E-state index is 12.1. The molecule has 0 aromatic heterocycles. The van der Waals surface area contributed by atoms with E-state index in [1.807, 2.05) is 0 Å². The van der Waals surface area contributed by atoms with Crippen molar-refractivity contribution in [2.24, 2.45) is 0 Å². The van der Waals surface area contributed by atoms with E-state index in [0.29, 0.717) is 0 Å². The molecule has 0 aliphatic rings. The number of non-ortho nitro benzene ring substituents is 1. The Morgan fingerprint density at radius 2 is 1.50 bits per heavy atom. The number of ether oxygens (including phenoxy) is 2. The summed E-state index contributed by atoms with van der Waals surface area (Å²) >= 11 is 0. The Labute approximate surface area is 159 Å². The fourth-order valence-corrected chi connectivity index (χ4v) is 3.50. The minimum Gasteiger partial charge on any atom is -0.433 e. The topological polar surface area (TPSA) is 167 Å². The summed E-state index contributed by atoms with van der Waals surface area (Å²) in [5.74, 6) is -0.632. The van der Waals surface area contributed by atoms with Crippen LogP contribution in [-0.2, 0) is 24.7 Å². The molecule has 0 aliphatic carbocycles. The van der Waals surface area contributed by atoms with Crippen molar-refractivity contribution in [1.82, 2.24) is 0 Å². The third-order valence-electron chi connectivity index (χ3n) is 3.30. The number of carbonyl (C=O) groups excluding carboxylic acids is 1. The normalized spacial score (nSPS) is 11.6. The van der Waals surface area contributed by atoms with E-state index in [1.54, 1.807) is 0 Å². The van der Waals surface area contributed by atoms with Gasteiger partial charge in [-0.15, -0.1) is 0 Å². The molecule has 0 saturated carbocycles. The summed E-state index contributed by atoms with van der Waals surface area (Å²) in [4.78, 5) is 20.7. The third-order valence-corrected chi connectivity index (χ3v) is 5.86. The van der Waals surface area contributed by atoms with Crippen molar-refractivity contribution in [2.75, 3.05) is 12.4 Å². The summed E-state index contributed by atoms with van der Waals surface area (Å²) in [6.45, 7) is -0.547. The first kappa shape index (κ1) is 21.3. The highest BCUT2D eigenvalue weighted by molar-refractivity contribution is 7.91. The molecule has 0 aliphatic heterocycles. The van der Waals surface area contributed by atoms with Gasteiger partial charge in [-0.1, -0.05) is 0 Å². The number of hydrogen-bond acceptors (Lipinski definition) is 9. The van der Waals surface area contributed by atoms with Gasteiger partial charge in [0.05, 0.1) is 20.5 Å². The predicted octanol–water partition coefficient (Wildman–Crippen LogP) is 1.83. The van der Waals surface area contributed by atoms with Crippen molar-refractivity contribution in [1.29, 1.82) is 0 Å². The number of rotatable bonds is 7. The molecule has 0 fully saturated rings. The quantitative estimate of drug-likeness (QED) is 0.224. The number of benzene rings is 2. The van der Waals surface area contributed by atoms with Gasteiger partial charge in [0.2, 0.25) is 0 Å². The largest absolute Gasteiger partial charge is 0.513 e. The molecule has 0 atom stereocenters. The Bertz CT molecular complexity index is 1070. The lowest BCUT2D eigenvalue weighted by Crippen LogP contribution is -2.18. The molecular formula is C15H13NO10S2. The van der Waals surface area contributed by atoms with Gasteiger partial charge in [-0.2, -0.15) is 8.42 Å². The van der Waals surface area contributed by atoms with E-state index in [0.717, 1.165) is 36.4 Å². The minimum absolute atomic E-state index is 0.0285. The average Bonchev–Trinajstić information content (AvgIpc) is 2.61. The summed E-state index contributed by atoms with van der Waals surface area (Å²) in [6, 6.07) is 8.41. The van der Waals surface area contributed by atoms with Crippen molar-refractivity contribution in [3.05, 3.63) is 58.6 Å². The Kier molecular flexibility index (Phi) is 6.33. The van der Waals surface area contributed by atoms with Crippen LogP contribution in [-0.4, -0.2) is 44.8 Å². The molecule has 150 valence electrons. The van der Waals surface area contributed by atoms with Crippen LogP contribution in [0.5, 0.6) is 5.75 Å². The lowest BCUT2D eigenvalue weighted by Gasteiger charge is -2.07. The van der Waals surface area contributed by atoms with Crippen molar-refractivity contribution in [3.63, 3.8) is 0 Å². The van der Waals surface area contributed by atoms with E-state index in [9.17, 15) is 31.7 Å². The van der Waals surface area contributed by atoms with E-state index in [2.05, 4.69) is 4.74 Å². The fraction of sp³-hybridized carbons (Fsp3) is 0.133. The Hall–Kier alpha value is -3.03. The van der Waals surface area contributed by atoms with Crippen LogP contribution in [0.3, 0.4) is 0 Å². The van der Waals surface area contributed by atoms with Crippen molar-refractivity contribution in [3.8, 4) is 5.75 Å². The van der Waals surface area contributed by atoms with E-state index >= 15 is 0 Å². The van der Waals surface area contributed by atoms with Gasteiger partial charge < -0.3 is 9.47 Å². The third kappa shape index (κ3) is 5.73. The molecule has 0 heterocycles. The van der Waals surface area contributed by atoms with Crippen LogP contribution in [0.1, 0.15) is 0 Å². The van der Waals surface area contributed by atoms with E-state index in [1.165, 1.54) is 12.1 Å². The molecule has 28 heavy (non-hydrogen) atoms. The lowest BCUT2D eigenvalue weighted by molar-refractivity contribution is -0.384. The smallest absolute Gasteiger partial charge is 0.433 e. The molecular weight excluding hydrogens is 418 g/mol. The van der Waals surface area contributed by atoms with Gasteiger partial charge in [0.1, 0.15) is 12.4 Å². The average molecular weight is 431 g/mol. The van der Waals surface area contributed by atoms with Crippen LogP contribution in [0.4, 0.5) is 10.5 Å². The van der Waals surface area contributed by atoms with Crippen LogP contribution in [0.15, 0.2) is 58.3 Å². The molecule has 0 saturated heterocycles. The van der Waals surface area contributed by atoms with Gasteiger partial charge in [-0.05, 0) is 36.4 Å². The molecule has 1 N–H and O–H groups in total. The standard InChI is InChI=1S/C15H13NO10S2/c17-15(26-12-3-1-11(2-4-12)16(18)19)25-9-10-27(20,21)13-5-7-14(8-6-13)28(22,23)24/h1-8H,9-10H2,(H,22,23,24). The van der Waals surface area contributed by atoms with E-state index < -0.39 is 48.3 Å². The Morgan fingerprint density at radius 3 is 2.00 bits per heavy atom. The molecule has 2 aromatic carbocycles. The zero-order valence-electron chi connectivity index (χ0n) is 13.9. The first-order chi connectivity index (χ1) is 13.0. The summed E-state index contributed by atoms with van der Waals surface area (Å²) in [7, 11) is -8.34. The molecule has 0 radical (unpaired) electrons. The lowest BCUT2D eigenvalue weighted by atomic mass is 10.3. The van der Waals surface area contributed by atoms with Crippen molar-refractivity contribution < 1.29 is 40.6 Å². The van der Waals surface area contributed by atoms with Gasteiger partial charge in [-0.25, -0.2) is 13.2 Å². The summed E-state index contributed by atoms with van der Waals surface area (Å²) < 4.78 is 64.4. The summed E-state index contributed by atoms with van der Waals surface area (Å²) in [5.41, 5.74) is -0.202. The second-order valence-corrected chi connectivity index (χ2v) is 8.75. The zero-order chi connectivity index (χ0) is 20.9. The number of nitro benzene ring substituents is 1. The predicted molar refractivity (Wildman–Crippen MR) is 93.4 cm³/mol. The van der Waals surface area contributed by atoms with Crippen molar-refractivity contribution in [2.45, 2.75) is 9.79 Å². The molecule has 11 nitrogen and oxygen atoms in total. The molecule has 2 rings (SSSR count). The second-order valence-electron chi connectivity index (χ2n) is 5.22. The van der Waals surface area contributed by atoms with Gasteiger partial charge in [0, 0.05) is 12.1 Å². The molecule has 0 spiro atoms. The highest BCUT2D eigenvalue weighted by atomic mass is 32.2. The number of nitro groups is 1. The van der Waals surface area contributed by atoms with Crippen LogP contribution in [0.2, 0.25) is 0 Å². The number of hydrogen-bond donors (Lipinski definition) is 1. The van der Waals surface area contributed by atoms with Crippen molar-refractivity contribution >= 4 is 31.8 Å². The van der Waals surface area contributed by atoms with Crippen LogP contribution < -0.4 is 4.74 Å². The van der Waals surface area contributed by atoms with E-state index in [-0.39, 0.29) is 16.3 Å². The number of nitrogens with zero attached hydrogens (tertiary/aromatic N) is 1. The number of carbonyl (C=O) groups is 1. The maximum Gasteiger partial charge on any atom is 0.513 e. The fourth-order valence-electron chi connectivity index (χ4n) is 1.93. The molecule has 0 unspecified atom stereocenters. The number of sulfone groups is 1. The Balaban J connectivity index is 1.90. The van der Waals surface area contributed by atoms with Crippen LogP contribution in [0.25, 0.3) is 0 Å². The Morgan fingerprint density at radius 1 is 0.964 bits per heavy atom. The first-order valence-corrected chi connectivity index (χ1v) is 10.5. The molecule has 0 amide bonds. The SMILES string of the molecule is O=C(OCCS(=O)(=O)c1ccc(S(=O)(=O)O)cc1)Oc1ccc([N+](=O)[O-])cc1. The second kappa shape index (κ2) is 8.33. The van der Waals surface area contributed by atoms with Crippen LogP contribution >= 0.6 is 0 Å². The van der Waals surface area contributed by atoms with Gasteiger partial charge in [0.25, 0.3) is 15.8 Å². The minimum atomic E-state index is -4.45. The summed E-state index contributed by atoms with van der Waals surface area (Å²) in [5, 5.41) is 10.5. The summed E-state index contributed by atoms with van der Waals surface area (Å²) in [6.07, 6.45) is -1.20. The molecule has 2 aromatic rings. The maximum absolute atomic E-state index is 12.1. The van der Waals surface area contributed by atoms with Gasteiger partial charge in [0.15, 0.2) is 9.84 Å². The monoisotopic (exact) mass is 431 g/mol. The highest BCUT2D eigenvalue weighted by Gasteiger charge is 2.18. The molecule has 13 heteroatoms. The first-order valence-electron chi connectivity index (χ1n) is 7.38. The molecule has 0 bridgehead atoms. The van der Waals surface area contributed by atoms with E-state index in [4.69, 9.17) is 9.29 Å².